The number of phenolic OH excluding ortho intramolecular Hbond substituents is 1. The third-order valence-corrected chi connectivity index (χ3v) is 5.29. The number of quaternary nitrogens is 1. The lowest BCUT2D eigenvalue weighted by Gasteiger charge is -2.34. The lowest BCUT2D eigenvalue weighted by atomic mass is 10.1. The number of hydrogen-bond donors (Lipinski definition) is 2. The maximum absolute atomic E-state index is 10.0. The third kappa shape index (κ3) is 3.69. The van der Waals surface area contributed by atoms with Crippen LogP contribution in [0.1, 0.15) is 12.0 Å². The first kappa shape index (κ1) is 17.3. The van der Waals surface area contributed by atoms with Crippen LogP contribution in [0, 0.1) is 0 Å². The molecule has 0 saturated carbocycles. The topological polar surface area (TPSA) is 46.4 Å². The highest BCUT2D eigenvalue weighted by Gasteiger charge is 2.23. The first-order chi connectivity index (χ1) is 12.7. The molecule has 0 radical (unpaired) electrons. The van der Waals surface area contributed by atoms with Gasteiger partial charge in [0.25, 0.3) is 0 Å². The fraction of sp³-hybridized carbons (Fsp3) is 0.400. The van der Waals surface area contributed by atoms with Gasteiger partial charge in [0.05, 0.1) is 50.1 Å². The van der Waals surface area contributed by atoms with E-state index in [1.54, 1.807) is 6.07 Å². The molecule has 2 aliphatic heterocycles. The van der Waals surface area contributed by atoms with Crippen LogP contribution in [0.5, 0.6) is 17.2 Å². The summed E-state index contributed by atoms with van der Waals surface area (Å²) in [6.07, 6.45) is 0.875. The minimum atomic E-state index is 0.352. The zero-order chi connectivity index (χ0) is 17.9. The van der Waals surface area contributed by atoms with Gasteiger partial charge in [-0.25, -0.2) is 0 Å². The van der Waals surface area contributed by atoms with Crippen LogP contribution in [0.3, 0.4) is 0 Å². The Bertz CT molecular complexity index is 776. The van der Waals surface area contributed by atoms with E-state index in [1.807, 2.05) is 24.3 Å². The minimum absolute atomic E-state index is 0.352. The average molecular weight is 376 g/mol. The fourth-order valence-corrected chi connectivity index (χ4v) is 3.93. The van der Waals surface area contributed by atoms with Crippen molar-refractivity contribution in [1.29, 1.82) is 0 Å². The van der Waals surface area contributed by atoms with Gasteiger partial charge in [-0.15, -0.1) is 0 Å². The number of ether oxygens (including phenoxy) is 2. The predicted octanol–water partition coefficient (Wildman–Crippen LogP) is 2.11. The summed E-state index contributed by atoms with van der Waals surface area (Å²) in [5.41, 5.74) is 2.09. The summed E-state index contributed by atoms with van der Waals surface area (Å²) in [6.45, 7) is 6.09. The van der Waals surface area contributed by atoms with Crippen molar-refractivity contribution in [2.45, 2.75) is 13.0 Å². The third-order valence-electron chi connectivity index (χ3n) is 5.01. The summed E-state index contributed by atoms with van der Waals surface area (Å²) >= 11 is 6.41. The van der Waals surface area contributed by atoms with Crippen molar-refractivity contribution < 1.29 is 19.5 Å². The lowest BCUT2D eigenvalue weighted by molar-refractivity contribution is -0.914. The maximum atomic E-state index is 10.0. The normalized spacial score (nSPS) is 17.8. The van der Waals surface area contributed by atoms with Crippen molar-refractivity contribution >= 4 is 17.3 Å². The van der Waals surface area contributed by atoms with Crippen molar-refractivity contribution in [2.75, 3.05) is 44.3 Å². The molecule has 4 rings (SSSR count). The molecule has 2 aromatic rings. The number of hydrogen-bond acceptors (Lipinski definition) is 4. The minimum Gasteiger partial charge on any atom is -0.506 e. The lowest BCUT2D eigenvalue weighted by Crippen LogP contribution is -3.13. The molecule has 0 aromatic heterocycles. The van der Waals surface area contributed by atoms with Crippen molar-refractivity contribution in [1.82, 2.24) is 0 Å². The smallest absolute Gasteiger partial charge is 0.179 e. The van der Waals surface area contributed by atoms with Gasteiger partial charge in [0.2, 0.25) is 0 Å². The van der Waals surface area contributed by atoms with Gasteiger partial charge in [0, 0.05) is 12.0 Å². The molecular weight excluding hydrogens is 352 g/mol. The summed E-state index contributed by atoms with van der Waals surface area (Å²) in [4.78, 5) is 3.75. The molecule has 2 aromatic carbocycles. The molecule has 0 bridgehead atoms. The van der Waals surface area contributed by atoms with E-state index >= 15 is 0 Å². The Morgan fingerprint density at radius 1 is 1.08 bits per heavy atom. The van der Waals surface area contributed by atoms with E-state index in [0.717, 1.165) is 50.6 Å². The van der Waals surface area contributed by atoms with Crippen LogP contribution in [0.15, 0.2) is 36.4 Å². The Morgan fingerprint density at radius 2 is 1.85 bits per heavy atom. The van der Waals surface area contributed by atoms with Crippen LogP contribution >= 0.6 is 11.6 Å². The average Bonchev–Trinajstić information content (AvgIpc) is 2.89. The number of anilines is 1. The van der Waals surface area contributed by atoms with Crippen molar-refractivity contribution in [2.24, 2.45) is 0 Å². The van der Waals surface area contributed by atoms with Crippen molar-refractivity contribution in [3.8, 4) is 17.2 Å². The number of fused-ring (bicyclic) bond motifs is 1. The number of nitrogens with zero attached hydrogens (tertiary/aromatic N) is 1. The number of phenols is 1. The van der Waals surface area contributed by atoms with Crippen LogP contribution < -0.4 is 19.3 Å². The molecule has 26 heavy (non-hydrogen) atoms. The number of piperazine rings is 1. The SMILES string of the molecule is Oc1ccccc1N1CC[NH+](Cc2cc(Cl)c3c(c2)OCCCO3)CC1. The summed E-state index contributed by atoms with van der Waals surface area (Å²) in [5.74, 6) is 1.79. The second kappa shape index (κ2) is 7.64. The van der Waals surface area contributed by atoms with E-state index in [-0.39, 0.29) is 0 Å². The van der Waals surface area contributed by atoms with Gasteiger partial charge in [0.15, 0.2) is 11.5 Å². The van der Waals surface area contributed by atoms with E-state index in [0.29, 0.717) is 29.7 Å². The predicted molar refractivity (Wildman–Crippen MR) is 102 cm³/mol. The molecule has 0 amide bonds. The van der Waals surface area contributed by atoms with Crippen LogP contribution in [0.4, 0.5) is 5.69 Å². The van der Waals surface area contributed by atoms with E-state index < -0.39 is 0 Å². The number of benzene rings is 2. The Kier molecular flexibility index (Phi) is 5.09. The first-order valence-corrected chi connectivity index (χ1v) is 9.53. The number of para-hydroxylation sites is 2. The summed E-state index contributed by atoms with van der Waals surface area (Å²) in [5, 5.41) is 10.7. The number of halogens is 1. The molecular formula is C20H24ClN2O3+. The van der Waals surface area contributed by atoms with E-state index in [9.17, 15) is 5.11 Å². The summed E-state index contributed by atoms with van der Waals surface area (Å²) < 4.78 is 11.5. The van der Waals surface area contributed by atoms with Crippen LogP contribution in [-0.4, -0.2) is 44.5 Å². The number of aromatic hydroxyl groups is 1. The molecule has 0 spiro atoms. The van der Waals surface area contributed by atoms with Crippen molar-refractivity contribution in [3.05, 3.63) is 47.0 Å². The first-order valence-electron chi connectivity index (χ1n) is 9.15. The highest BCUT2D eigenvalue weighted by atomic mass is 35.5. The zero-order valence-electron chi connectivity index (χ0n) is 14.7. The van der Waals surface area contributed by atoms with E-state index in [4.69, 9.17) is 21.1 Å². The summed E-state index contributed by atoms with van der Waals surface area (Å²) in [7, 11) is 0. The molecule has 1 saturated heterocycles. The second-order valence-corrected chi connectivity index (χ2v) is 7.27. The Labute approximate surface area is 158 Å². The van der Waals surface area contributed by atoms with Gasteiger partial charge >= 0.3 is 0 Å². The molecule has 1 fully saturated rings. The van der Waals surface area contributed by atoms with Crippen molar-refractivity contribution in [3.63, 3.8) is 0 Å². The maximum Gasteiger partial charge on any atom is 0.179 e. The van der Waals surface area contributed by atoms with E-state index in [1.165, 1.54) is 10.5 Å². The largest absolute Gasteiger partial charge is 0.506 e. The molecule has 0 unspecified atom stereocenters. The van der Waals surface area contributed by atoms with Gasteiger partial charge < -0.3 is 24.4 Å². The zero-order valence-corrected chi connectivity index (χ0v) is 15.5. The molecule has 5 nitrogen and oxygen atoms in total. The van der Waals surface area contributed by atoms with Crippen LogP contribution in [-0.2, 0) is 6.54 Å². The quantitative estimate of drug-likeness (QED) is 0.862. The van der Waals surface area contributed by atoms with Crippen LogP contribution in [0.25, 0.3) is 0 Å². The monoisotopic (exact) mass is 375 g/mol. The van der Waals surface area contributed by atoms with Gasteiger partial charge in [-0.3, -0.25) is 0 Å². The van der Waals surface area contributed by atoms with Crippen LogP contribution in [0.2, 0.25) is 5.02 Å². The highest BCUT2D eigenvalue weighted by molar-refractivity contribution is 6.32. The standard InChI is InChI=1S/C20H23ClN2O3/c21-16-12-15(13-19-20(16)26-11-3-10-25-19)14-22-6-8-23(9-7-22)17-4-1-2-5-18(17)24/h1-2,4-5,12-13,24H,3,6-11,14H2/p+1. The van der Waals surface area contributed by atoms with Gasteiger partial charge in [-0.1, -0.05) is 23.7 Å². The Morgan fingerprint density at radius 3 is 2.65 bits per heavy atom. The fourth-order valence-electron chi connectivity index (χ4n) is 3.65. The van der Waals surface area contributed by atoms with Gasteiger partial charge in [0.1, 0.15) is 12.3 Å². The van der Waals surface area contributed by atoms with Gasteiger partial charge in [-0.05, 0) is 24.3 Å². The molecule has 0 aliphatic carbocycles. The molecule has 2 N–H and O–H groups in total. The molecule has 0 atom stereocenters. The number of nitrogens with one attached hydrogen (secondary N) is 1. The molecule has 2 heterocycles. The van der Waals surface area contributed by atoms with E-state index in [2.05, 4.69) is 11.0 Å². The Hall–Kier alpha value is -2.11. The molecule has 6 heteroatoms. The van der Waals surface area contributed by atoms with Gasteiger partial charge in [-0.2, -0.15) is 0 Å². The highest BCUT2D eigenvalue weighted by Crippen LogP contribution is 2.37. The molecule has 2 aliphatic rings. The number of rotatable bonds is 3. The summed E-state index contributed by atoms with van der Waals surface area (Å²) in [6, 6.07) is 11.6. The molecule has 138 valence electrons. The Balaban J connectivity index is 1.41. The second-order valence-electron chi connectivity index (χ2n) is 6.86.